The van der Waals surface area contributed by atoms with E-state index in [-0.39, 0.29) is 0 Å². The highest BCUT2D eigenvalue weighted by atomic mass is 79.9. The quantitative estimate of drug-likeness (QED) is 0.547. The smallest absolute Gasteiger partial charge is 0.122 e. The Morgan fingerprint density at radius 3 is 2.89 bits per heavy atom. The number of rotatable bonds is 3. The van der Waals surface area contributed by atoms with Crippen LogP contribution in [0.15, 0.2) is 22.7 Å². The van der Waals surface area contributed by atoms with Gasteiger partial charge in [-0.3, -0.25) is 0 Å². The highest BCUT2D eigenvalue weighted by molar-refractivity contribution is 9.10. The average molecular weight is 332 g/mol. The Balaban J connectivity index is 2.09. The first-order valence-electron chi connectivity index (χ1n) is 6.65. The number of hydrogen-bond donors (Lipinski definition) is 0. The van der Waals surface area contributed by atoms with Crippen LogP contribution in [0.2, 0.25) is 0 Å². The monoisotopic (exact) mass is 330 g/mol. The van der Waals surface area contributed by atoms with E-state index >= 15 is 0 Å². The number of benzene rings is 1. The largest absolute Gasteiger partial charge is 0.496 e. The van der Waals surface area contributed by atoms with E-state index in [9.17, 15) is 0 Å². The van der Waals surface area contributed by atoms with Gasteiger partial charge in [0.1, 0.15) is 5.75 Å². The van der Waals surface area contributed by atoms with Gasteiger partial charge in [-0.15, -0.1) is 11.6 Å². The second-order valence-electron chi connectivity index (χ2n) is 5.14. The summed E-state index contributed by atoms with van der Waals surface area (Å²) < 4.78 is 6.57. The van der Waals surface area contributed by atoms with E-state index in [1.807, 2.05) is 12.1 Å². The maximum Gasteiger partial charge on any atom is 0.122 e. The lowest BCUT2D eigenvalue weighted by Crippen LogP contribution is -2.09. The molecule has 1 aromatic carbocycles. The molecule has 0 saturated heterocycles. The molecule has 2 unspecified atom stereocenters. The molecule has 1 saturated carbocycles. The summed E-state index contributed by atoms with van der Waals surface area (Å²) in [5, 5.41) is 0.357. The molecular formula is C15H20BrClO. The first kappa shape index (κ1) is 14.2. The van der Waals surface area contributed by atoms with Gasteiger partial charge in [-0.1, -0.05) is 35.2 Å². The lowest BCUT2D eigenvalue weighted by molar-refractivity contribution is 0.397. The number of halogens is 2. The molecule has 0 spiro atoms. The molecular weight excluding hydrogens is 312 g/mol. The van der Waals surface area contributed by atoms with Crippen molar-refractivity contribution >= 4 is 27.5 Å². The summed E-state index contributed by atoms with van der Waals surface area (Å²) in [7, 11) is 1.74. The molecule has 2 atom stereocenters. The highest BCUT2D eigenvalue weighted by Gasteiger charge is 2.20. The van der Waals surface area contributed by atoms with Crippen LogP contribution in [0.5, 0.6) is 5.75 Å². The number of hydrogen-bond acceptors (Lipinski definition) is 1. The third kappa shape index (κ3) is 3.89. The summed E-state index contributed by atoms with van der Waals surface area (Å²) in [4.78, 5) is 0. The molecule has 1 fully saturated rings. The standard InChI is InChI=1S/C15H20BrClO/c1-18-15-7-6-13(16)10-12(15)8-11-4-2-3-5-14(17)9-11/h6-7,10-11,14H,2-5,8-9H2,1H3. The second-order valence-corrected chi connectivity index (χ2v) is 6.68. The maximum atomic E-state index is 6.35. The van der Waals surface area contributed by atoms with Crippen LogP contribution < -0.4 is 4.74 Å². The molecule has 0 aromatic heterocycles. The summed E-state index contributed by atoms with van der Waals surface area (Å²) in [6, 6.07) is 6.24. The van der Waals surface area contributed by atoms with E-state index in [0.717, 1.165) is 23.1 Å². The van der Waals surface area contributed by atoms with Crippen molar-refractivity contribution in [2.24, 2.45) is 5.92 Å². The maximum absolute atomic E-state index is 6.35. The van der Waals surface area contributed by atoms with Gasteiger partial charge in [0.15, 0.2) is 0 Å². The van der Waals surface area contributed by atoms with Gasteiger partial charge < -0.3 is 4.74 Å². The zero-order valence-electron chi connectivity index (χ0n) is 10.8. The van der Waals surface area contributed by atoms with Crippen molar-refractivity contribution in [1.29, 1.82) is 0 Å². The topological polar surface area (TPSA) is 9.23 Å². The molecule has 18 heavy (non-hydrogen) atoms. The average Bonchev–Trinajstić information content (AvgIpc) is 2.54. The van der Waals surface area contributed by atoms with E-state index in [4.69, 9.17) is 16.3 Å². The zero-order chi connectivity index (χ0) is 13.0. The van der Waals surface area contributed by atoms with Crippen molar-refractivity contribution in [3.8, 4) is 5.75 Å². The Labute approximate surface area is 123 Å². The Bertz CT molecular complexity index is 394. The minimum Gasteiger partial charge on any atom is -0.496 e. The van der Waals surface area contributed by atoms with Crippen LogP contribution in [0.25, 0.3) is 0 Å². The SMILES string of the molecule is COc1ccc(Br)cc1CC1CCCCC(Cl)C1. The molecule has 100 valence electrons. The molecule has 1 aromatic rings. The molecule has 0 aliphatic heterocycles. The van der Waals surface area contributed by atoms with Crippen LogP contribution in [0.1, 0.15) is 37.7 Å². The van der Waals surface area contributed by atoms with E-state index in [0.29, 0.717) is 11.3 Å². The Kier molecular flexibility index (Phi) is 5.38. The molecule has 1 aliphatic carbocycles. The molecule has 0 heterocycles. The fourth-order valence-corrected chi connectivity index (χ4v) is 3.61. The first-order chi connectivity index (χ1) is 8.69. The van der Waals surface area contributed by atoms with Crippen molar-refractivity contribution < 1.29 is 4.74 Å². The normalized spacial score (nSPS) is 24.6. The Morgan fingerprint density at radius 2 is 2.11 bits per heavy atom. The third-order valence-electron chi connectivity index (χ3n) is 3.72. The van der Waals surface area contributed by atoms with Crippen molar-refractivity contribution in [3.63, 3.8) is 0 Å². The van der Waals surface area contributed by atoms with Gasteiger partial charge in [0, 0.05) is 9.85 Å². The van der Waals surface area contributed by atoms with Gasteiger partial charge >= 0.3 is 0 Å². The van der Waals surface area contributed by atoms with E-state index < -0.39 is 0 Å². The predicted octanol–water partition coefficient (Wildman–Crippen LogP) is 5.19. The summed E-state index contributed by atoms with van der Waals surface area (Å²) >= 11 is 9.88. The molecule has 1 aliphatic rings. The van der Waals surface area contributed by atoms with E-state index in [1.54, 1.807) is 7.11 Å². The van der Waals surface area contributed by atoms with E-state index in [1.165, 1.54) is 31.2 Å². The first-order valence-corrected chi connectivity index (χ1v) is 7.88. The number of ether oxygens (including phenoxy) is 1. The number of methoxy groups -OCH3 is 1. The summed E-state index contributed by atoms with van der Waals surface area (Å²) in [5.74, 6) is 1.69. The summed E-state index contributed by atoms with van der Waals surface area (Å²) in [6.45, 7) is 0. The molecule has 0 N–H and O–H groups in total. The van der Waals surface area contributed by atoms with Gasteiger partial charge in [-0.25, -0.2) is 0 Å². The summed E-state index contributed by atoms with van der Waals surface area (Å²) in [6.07, 6.45) is 7.26. The fourth-order valence-electron chi connectivity index (χ4n) is 2.80. The minimum atomic E-state index is 0.357. The van der Waals surface area contributed by atoms with Gasteiger partial charge in [-0.05, 0) is 48.9 Å². The van der Waals surface area contributed by atoms with Crippen LogP contribution in [-0.2, 0) is 6.42 Å². The van der Waals surface area contributed by atoms with Gasteiger partial charge in [0.25, 0.3) is 0 Å². The summed E-state index contributed by atoms with van der Waals surface area (Å²) in [5.41, 5.74) is 1.29. The van der Waals surface area contributed by atoms with Crippen LogP contribution >= 0.6 is 27.5 Å². The van der Waals surface area contributed by atoms with Crippen LogP contribution in [0.4, 0.5) is 0 Å². The second kappa shape index (κ2) is 6.81. The van der Waals surface area contributed by atoms with Crippen LogP contribution in [0.3, 0.4) is 0 Å². The Hall–Kier alpha value is -0.210. The zero-order valence-corrected chi connectivity index (χ0v) is 13.1. The van der Waals surface area contributed by atoms with Gasteiger partial charge in [0.05, 0.1) is 7.11 Å². The molecule has 0 bridgehead atoms. The molecule has 3 heteroatoms. The van der Waals surface area contributed by atoms with Crippen LogP contribution in [-0.4, -0.2) is 12.5 Å². The van der Waals surface area contributed by atoms with Crippen molar-refractivity contribution in [2.75, 3.05) is 7.11 Å². The lowest BCUT2D eigenvalue weighted by atomic mass is 9.92. The molecule has 0 radical (unpaired) electrons. The minimum absolute atomic E-state index is 0.357. The molecule has 1 nitrogen and oxygen atoms in total. The predicted molar refractivity (Wildman–Crippen MR) is 80.6 cm³/mol. The van der Waals surface area contributed by atoms with E-state index in [2.05, 4.69) is 22.0 Å². The lowest BCUT2D eigenvalue weighted by Gasteiger charge is -2.18. The number of alkyl halides is 1. The highest BCUT2D eigenvalue weighted by Crippen LogP contribution is 2.32. The van der Waals surface area contributed by atoms with Crippen molar-refractivity contribution in [2.45, 2.75) is 43.9 Å². The van der Waals surface area contributed by atoms with Crippen molar-refractivity contribution in [3.05, 3.63) is 28.2 Å². The molecule has 0 amide bonds. The fraction of sp³-hybridized carbons (Fsp3) is 0.600. The van der Waals surface area contributed by atoms with Gasteiger partial charge in [0.2, 0.25) is 0 Å². The van der Waals surface area contributed by atoms with Gasteiger partial charge in [-0.2, -0.15) is 0 Å². The molecule has 2 rings (SSSR count). The Morgan fingerprint density at radius 1 is 1.33 bits per heavy atom. The van der Waals surface area contributed by atoms with Crippen molar-refractivity contribution in [1.82, 2.24) is 0 Å². The van der Waals surface area contributed by atoms with Crippen LogP contribution in [0, 0.1) is 5.92 Å². The third-order valence-corrected chi connectivity index (χ3v) is 4.61.